The van der Waals surface area contributed by atoms with E-state index in [-0.39, 0.29) is 35.5 Å². The molecule has 0 aromatic heterocycles. The number of halogens is 1. The van der Waals surface area contributed by atoms with Gasteiger partial charge in [0.05, 0.1) is 6.54 Å². The summed E-state index contributed by atoms with van der Waals surface area (Å²) in [5, 5.41) is 3.38. The van der Waals surface area contributed by atoms with Gasteiger partial charge in [-0.15, -0.1) is 24.0 Å². The number of hydrogen-bond acceptors (Lipinski definition) is 3. The number of para-hydroxylation sites is 1. The van der Waals surface area contributed by atoms with Crippen molar-refractivity contribution >= 4 is 35.8 Å². The molecule has 1 saturated heterocycles. The van der Waals surface area contributed by atoms with E-state index in [9.17, 15) is 4.79 Å². The lowest BCUT2D eigenvalue weighted by Crippen LogP contribution is -2.47. The highest BCUT2D eigenvalue weighted by atomic mass is 127. The number of nitrogens with zero attached hydrogens (tertiary/aromatic N) is 2. The van der Waals surface area contributed by atoms with Crippen LogP contribution >= 0.6 is 24.0 Å². The maximum atomic E-state index is 11.3. The zero-order valence-electron chi connectivity index (χ0n) is 17.5. The number of primary amides is 1. The number of carbonyl (C=O) groups is 1. The van der Waals surface area contributed by atoms with E-state index in [2.05, 4.69) is 23.2 Å². The Kier molecular flexibility index (Phi) is 10.1. The van der Waals surface area contributed by atoms with Crippen LogP contribution in [0.5, 0.6) is 5.75 Å². The van der Waals surface area contributed by atoms with Gasteiger partial charge >= 0.3 is 0 Å². The monoisotopic (exact) mass is 502 g/mol. The van der Waals surface area contributed by atoms with E-state index in [1.54, 1.807) is 0 Å². The van der Waals surface area contributed by atoms with Crippen LogP contribution in [0, 0.1) is 5.92 Å². The quantitative estimate of drug-likeness (QED) is 0.355. The summed E-state index contributed by atoms with van der Waals surface area (Å²) in [6.07, 6.45) is 2.53. The molecule has 1 unspecified atom stereocenters. The maximum Gasteiger partial charge on any atom is 0.217 e. The number of nitrogens with two attached hydrogens (primary N) is 1. The molecule has 1 aliphatic rings. The Morgan fingerprint density at radius 2 is 2.07 bits per heavy atom. The van der Waals surface area contributed by atoms with Gasteiger partial charge in [-0.25, -0.2) is 4.99 Å². The number of amides is 1. The third-order valence-electron chi connectivity index (χ3n) is 4.43. The fourth-order valence-electron chi connectivity index (χ4n) is 3.36. The number of guanidine groups is 1. The van der Waals surface area contributed by atoms with Crippen LogP contribution in [-0.4, -0.2) is 42.0 Å². The van der Waals surface area contributed by atoms with Gasteiger partial charge in [-0.1, -0.05) is 18.2 Å². The first-order valence-corrected chi connectivity index (χ1v) is 9.87. The van der Waals surface area contributed by atoms with Gasteiger partial charge in [-0.3, -0.25) is 4.79 Å². The minimum Gasteiger partial charge on any atom is -0.488 e. The Bertz CT molecular complexity index is 658. The molecule has 0 aliphatic carbocycles. The van der Waals surface area contributed by atoms with Crippen molar-refractivity contribution in [2.75, 3.05) is 19.6 Å². The van der Waals surface area contributed by atoms with Crippen molar-refractivity contribution in [2.24, 2.45) is 16.6 Å². The first-order chi connectivity index (χ1) is 12.8. The molecule has 0 spiro atoms. The highest BCUT2D eigenvalue weighted by Gasteiger charge is 2.23. The van der Waals surface area contributed by atoms with Gasteiger partial charge in [-0.2, -0.15) is 0 Å². The molecular formula is C21H35IN4O2. The standard InChI is InChI=1S/C21H34N4O2.HI/c1-5-23-20(25-12-8-9-16(15-25)13-19(22)26)24-14-17-10-6-7-11-18(17)27-21(2,3)4;/h6-7,10-11,16H,5,8-9,12-15H2,1-4H3,(H2,22,26)(H,23,24);1H. The minimum absolute atomic E-state index is 0. The third kappa shape index (κ3) is 8.24. The minimum atomic E-state index is -0.251. The summed E-state index contributed by atoms with van der Waals surface area (Å²) in [7, 11) is 0. The zero-order chi connectivity index (χ0) is 19.9. The summed E-state index contributed by atoms with van der Waals surface area (Å²) < 4.78 is 6.08. The lowest BCUT2D eigenvalue weighted by atomic mass is 9.95. The van der Waals surface area contributed by atoms with Crippen LogP contribution in [0.4, 0.5) is 0 Å². The molecular weight excluding hydrogens is 467 g/mol. The van der Waals surface area contributed by atoms with E-state index in [1.807, 2.05) is 39.0 Å². The Morgan fingerprint density at radius 3 is 2.71 bits per heavy atom. The molecule has 1 aliphatic heterocycles. The molecule has 3 N–H and O–H groups in total. The zero-order valence-corrected chi connectivity index (χ0v) is 19.9. The SMILES string of the molecule is CCNC(=NCc1ccccc1OC(C)(C)C)N1CCCC(CC(N)=O)C1.I. The van der Waals surface area contributed by atoms with Crippen LogP contribution < -0.4 is 15.8 Å². The molecule has 7 heteroatoms. The van der Waals surface area contributed by atoms with Crippen molar-refractivity contribution in [1.29, 1.82) is 0 Å². The number of likely N-dealkylation sites (tertiary alicyclic amines) is 1. The van der Waals surface area contributed by atoms with Crippen molar-refractivity contribution in [3.63, 3.8) is 0 Å². The second kappa shape index (κ2) is 11.5. The normalized spacial score (nSPS) is 17.6. The van der Waals surface area contributed by atoms with Crippen LogP contribution in [0.15, 0.2) is 29.3 Å². The number of aliphatic imine (C=N–C) groups is 1. The molecule has 2 rings (SSSR count). The number of ether oxygens (including phenoxy) is 1. The third-order valence-corrected chi connectivity index (χ3v) is 4.43. The van der Waals surface area contributed by atoms with E-state index < -0.39 is 0 Å². The fourth-order valence-corrected chi connectivity index (χ4v) is 3.36. The molecule has 6 nitrogen and oxygen atoms in total. The van der Waals surface area contributed by atoms with Crippen LogP contribution in [0.25, 0.3) is 0 Å². The first-order valence-electron chi connectivity index (χ1n) is 9.87. The molecule has 0 bridgehead atoms. The molecule has 0 radical (unpaired) electrons. The number of hydrogen-bond donors (Lipinski definition) is 2. The maximum absolute atomic E-state index is 11.3. The van der Waals surface area contributed by atoms with E-state index in [4.69, 9.17) is 15.5 Å². The predicted octanol–water partition coefficient (Wildman–Crippen LogP) is 3.53. The Hall–Kier alpha value is -1.51. The lowest BCUT2D eigenvalue weighted by Gasteiger charge is -2.34. The summed E-state index contributed by atoms with van der Waals surface area (Å²) in [6.45, 7) is 11.3. The van der Waals surface area contributed by atoms with Gasteiger partial charge in [0.1, 0.15) is 11.4 Å². The number of nitrogens with one attached hydrogen (secondary N) is 1. The van der Waals surface area contributed by atoms with Gasteiger partial charge in [0, 0.05) is 31.6 Å². The van der Waals surface area contributed by atoms with Crippen LogP contribution in [-0.2, 0) is 11.3 Å². The van der Waals surface area contributed by atoms with Crippen molar-refractivity contribution in [3.05, 3.63) is 29.8 Å². The molecule has 1 atom stereocenters. The average Bonchev–Trinajstić information content (AvgIpc) is 2.58. The molecule has 158 valence electrons. The molecule has 0 saturated carbocycles. The van der Waals surface area contributed by atoms with Gasteiger partial charge in [0.15, 0.2) is 5.96 Å². The summed E-state index contributed by atoms with van der Waals surface area (Å²) in [5.74, 6) is 1.83. The van der Waals surface area contributed by atoms with E-state index in [1.165, 1.54) is 0 Å². The smallest absolute Gasteiger partial charge is 0.217 e. The highest BCUT2D eigenvalue weighted by Crippen LogP contribution is 2.24. The number of carbonyl (C=O) groups excluding carboxylic acids is 1. The second-order valence-corrected chi connectivity index (χ2v) is 8.12. The first kappa shape index (κ1) is 24.5. The van der Waals surface area contributed by atoms with Crippen LogP contribution in [0.1, 0.15) is 52.5 Å². The number of piperidine rings is 1. The van der Waals surface area contributed by atoms with Crippen molar-refractivity contribution in [1.82, 2.24) is 10.2 Å². The molecule has 1 fully saturated rings. The Balaban J connectivity index is 0.00000392. The van der Waals surface area contributed by atoms with Gasteiger partial charge < -0.3 is 20.7 Å². The molecule has 1 aromatic rings. The second-order valence-electron chi connectivity index (χ2n) is 8.12. The van der Waals surface area contributed by atoms with Gasteiger partial charge in [0.25, 0.3) is 0 Å². The van der Waals surface area contributed by atoms with E-state index >= 15 is 0 Å². The Morgan fingerprint density at radius 1 is 1.36 bits per heavy atom. The van der Waals surface area contributed by atoms with E-state index in [0.717, 1.165) is 49.7 Å². The van der Waals surface area contributed by atoms with Gasteiger partial charge in [0.2, 0.25) is 5.91 Å². The van der Waals surface area contributed by atoms with Crippen LogP contribution in [0.2, 0.25) is 0 Å². The lowest BCUT2D eigenvalue weighted by molar-refractivity contribution is -0.119. The fraction of sp³-hybridized carbons (Fsp3) is 0.619. The number of rotatable bonds is 6. The largest absolute Gasteiger partial charge is 0.488 e. The predicted molar refractivity (Wildman–Crippen MR) is 125 cm³/mol. The van der Waals surface area contributed by atoms with Gasteiger partial charge in [-0.05, 0) is 52.5 Å². The molecule has 1 heterocycles. The molecule has 1 amide bonds. The van der Waals surface area contributed by atoms with Crippen molar-refractivity contribution in [3.8, 4) is 5.75 Å². The summed E-state index contributed by atoms with van der Waals surface area (Å²) >= 11 is 0. The summed E-state index contributed by atoms with van der Waals surface area (Å²) in [5.41, 5.74) is 6.20. The number of benzene rings is 1. The highest BCUT2D eigenvalue weighted by molar-refractivity contribution is 14.0. The van der Waals surface area contributed by atoms with Crippen molar-refractivity contribution < 1.29 is 9.53 Å². The summed E-state index contributed by atoms with van der Waals surface area (Å²) in [4.78, 5) is 18.4. The van der Waals surface area contributed by atoms with E-state index in [0.29, 0.717) is 18.9 Å². The van der Waals surface area contributed by atoms with Crippen LogP contribution in [0.3, 0.4) is 0 Å². The van der Waals surface area contributed by atoms with Crippen molar-refractivity contribution in [2.45, 2.75) is 59.1 Å². The summed E-state index contributed by atoms with van der Waals surface area (Å²) in [6, 6.07) is 8.04. The topological polar surface area (TPSA) is 80.0 Å². The molecule has 1 aromatic carbocycles. The molecule has 28 heavy (non-hydrogen) atoms. The Labute approximate surface area is 186 Å². The average molecular weight is 502 g/mol.